The largest absolute Gasteiger partial charge is 0.306 e. The molecule has 0 saturated carbocycles. The van der Waals surface area contributed by atoms with E-state index in [1.807, 2.05) is 0 Å². The number of nitrogens with zero attached hydrogens (tertiary/aromatic N) is 1. The summed E-state index contributed by atoms with van der Waals surface area (Å²) in [7, 11) is 2.31. The van der Waals surface area contributed by atoms with Crippen molar-refractivity contribution >= 4 is 0 Å². The zero-order chi connectivity index (χ0) is 21.3. The molecule has 0 amide bonds. The van der Waals surface area contributed by atoms with Crippen molar-refractivity contribution in [2.24, 2.45) is 0 Å². The van der Waals surface area contributed by atoms with Gasteiger partial charge in [-0.25, -0.2) is 0 Å². The van der Waals surface area contributed by atoms with Crippen LogP contribution >= 0.6 is 0 Å². The summed E-state index contributed by atoms with van der Waals surface area (Å²) in [6, 6.07) is 0. The Labute approximate surface area is 186 Å². The first kappa shape index (κ1) is 28.7. The summed E-state index contributed by atoms with van der Waals surface area (Å²) in [6.07, 6.45) is 34.4. The Morgan fingerprint density at radius 2 is 0.724 bits per heavy atom. The van der Waals surface area contributed by atoms with E-state index in [0.29, 0.717) is 0 Å². The molecular weight excluding hydrogens is 350 g/mol. The van der Waals surface area contributed by atoms with Gasteiger partial charge in [0, 0.05) is 0 Å². The molecule has 0 aromatic rings. The van der Waals surface area contributed by atoms with Crippen LogP contribution in [0.5, 0.6) is 0 Å². The molecule has 174 valence electrons. The van der Waals surface area contributed by atoms with Crippen molar-refractivity contribution in [2.75, 3.05) is 20.1 Å². The van der Waals surface area contributed by atoms with E-state index >= 15 is 0 Å². The Balaban J connectivity index is 3.17. The minimum absolute atomic E-state index is 1.30. The Morgan fingerprint density at radius 1 is 0.414 bits per heavy atom. The lowest BCUT2D eigenvalue weighted by Gasteiger charge is -2.16. The van der Waals surface area contributed by atoms with E-state index in [-0.39, 0.29) is 0 Å². The van der Waals surface area contributed by atoms with E-state index < -0.39 is 0 Å². The fourth-order valence-corrected chi connectivity index (χ4v) is 4.08. The minimum Gasteiger partial charge on any atom is -0.306 e. The maximum absolute atomic E-state index is 2.56. The SMILES string of the molecule is CCCCCCCC/C=C\CCCCCCCCN(C)CCCCCCCCC. The number of rotatable bonds is 24. The normalized spacial score (nSPS) is 11.9. The van der Waals surface area contributed by atoms with Gasteiger partial charge in [0.15, 0.2) is 0 Å². The van der Waals surface area contributed by atoms with Gasteiger partial charge >= 0.3 is 0 Å². The third-order valence-corrected chi connectivity index (χ3v) is 6.20. The zero-order valence-corrected chi connectivity index (χ0v) is 20.9. The van der Waals surface area contributed by atoms with E-state index in [1.165, 1.54) is 148 Å². The van der Waals surface area contributed by atoms with Gasteiger partial charge in [0.2, 0.25) is 0 Å². The molecule has 0 rings (SSSR count). The van der Waals surface area contributed by atoms with E-state index in [2.05, 4.69) is 37.9 Å². The molecule has 0 radical (unpaired) electrons. The number of unbranched alkanes of at least 4 members (excludes halogenated alkanes) is 18. The molecule has 1 heteroatoms. The van der Waals surface area contributed by atoms with Crippen molar-refractivity contribution in [3.05, 3.63) is 12.2 Å². The second-order valence-electron chi connectivity index (χ2n) is 9.36. The highest BCUT2D eigenvalue weighted by atomic mass is 15.1. The van der Waals surface area contributed by atoms with Crippen LogP contribution in [-0.2, 0) is 0 Å². The molecule has 0 fully saturated rings. The van der Waals surface area contributed by atoms with Crippen LogP contribution in [0.15, 0.2) is 12.2 Å². The molecule has 0 aromatic carbocycles. The summed E-state index contributed by atoms with van der Waals surface area (Å²) in [5.74, 6) is 0. The van der Waals surface area contributed by atoms with Gasteiger partial charge in [0.25, 0.3) is 0 Å². The zero-order valence-electron chi connectivity index (χ0n) is 20.9. The van der Waals surface area contributed by atoms with Gasteiger partial charge in [-0.05, 0) is 58.7 Å². The maximum Gasteiger partial charge on any atom is -0.00218 e. The average molecular weight is 408 g/mol. The molecule has 0 aliphatic rings. The Bertz CT molecular complexity index is 309. The predicted molar refractivity (Wildman–Crippen MR) is 135 cm³/mol. The summed E-state index contributed by atoms with van der Waals surface area (Å²) in [5, 5.41) is 0. The van der Waals surface area contributed by atoms with Gasteiger partial charge in [-0.15, -0.1) is 0 Å². The van der Waals surface area contributed by atoms with E-state index in [9.17, 15) is 0 Å². The third kappa shape index (κ3) is 25.7. The van der Waals surface area contributed by atoms with Gasteiger partial charge in [0.1, 0.15) is 0 Å². The average Bonchev–Trinajstić information content (AvgIpc) is 2.72. The summed E-state index contributed by atoms with van der Waals surface area (Å²) < 4.78 is 0. The summed E-state index contributed by atoms with van der Waals surface area (Å²) in [5.41, 5.74) is 0. The van der Waals surface area contributed by atoms with Crippen LogP contribution in [0.4, 0.5) is 0 Å². The number of hydrogen-bond donors (Lipinski definition) is 0. The first-order valence-corrected chi connectivity index (χ1v) is 13.6. The van der Waals surface area contributed by atoms with E-state index in [4.69, 9.17) is 0 Å². The fourth-order valence-electron chi connectivity index (χ4n) is 4.08. The predicted octanol–water partition coefficient (Wildman–Crippen LogP) is 9.71. The monoisotopic (exact) mass is 407 g/mol. The van der Waals surface area contributed by atoms with Crippen LogP contribution in [0.1, 0.15) is 149 Å². The summed E-state index contributed by atoms with van der Waals surface area (Å²) in [6.45, 7) is 7.20. The van der Waals surface area contributed by atoms with Crippen molar-refractivity contribution in [1.29, 1.82) is 0 Å². The van der Waals surface area contributed by atoms with Crippen LogP contribution in [0.2, 0.25) is 0 Å². The molecule has 1 nitrogen and oxygen atoms in total. The van der Waals surface area contributed by atoms with Crippen molar-refractivity contribution in [2.45, 2.75) is 149 Å². The van der Waals surface area contributed by atoms with Crippen molar-refractivity contribution in [3.63, 3.8) is 0 Å². The van der Waals surface area contributed by atoms with Crippen LogP contribution in [-0.4, -0.2) is 25.0 Å². The van der Waals surface area contributed by atoms with E-state index in [1.54, 1.807) is 0 Å². The quantitative estimate of drug-likeness (QED) is 0.114. The van der Waals surface area contributed by atoms with Gasteiger partial charge in [-0.2, -0.15) is 0 Å². The summed E-state index contributed by atoms with van der Waals surface area (Å²) >= 11 is 0. The Hall–Kier alpha value is -0.300. The lowest BCUT2D eigenvalue weighted by atomic mass is 10.1. The van der Waals surface area contributed by atoms with Crippen LogP contribution in [0.3, 0.4) is 0 Å². The van der Waals surface area contributed by atoms with Crippen molar-refractivity contribution in [3.8, 4) is 0 Å². The third-order valence-electron chi connectivity index (χ3n) is 6.20. The number of allylic oxidation sites excluding steroid dienone is 2. The molecule has 0 atom stereocenters. The standard InChI is InChI=1S/C28H57N/c1-4-6-8-10-12-13-14-15-16-17-18-19-20-22-24-26-28-29(3)27-25-23-21-11-9-7-5-2/h15-16H,4-14,17-28H2,1-3H3/b16-15-. The fraction of sp³-hybridized carbons (Fsp3) is 0.929. The smallest absolute Gasteiger partial charge is 0.00218 e. The van der Waals surface area contributed by atoms with Gasteiger partial charge < -0.3 is 4.90 Å². The van der Waals surface area contributed by atoms with Crippen molar-refractivity contribution in [1.82, 2.24) is 4.90 Å². The first-order chi connectivity index (χ1) is 14.3. The van der Waals surface area contributed by atoms with Crippen LogP contribution in [0.25, 0.3) is 0 Å². The van der Waals surface area contributed by atoms with Crippen LogP contribution < -0.4 is 0 Å². The highest BCUT2D eigenvalue weighted by Gasteiger charge is 1.99. The second kappa shape index (κ2) is 25.7. The first-order valence-electron chi connectivity index (χ1n) is 13.6. The van der Waals surface area contributed by atoms with Crippen molar-refractivity contribution < 1.29 is 0 Å². The second-order valence-corrected chi connectivity index (χ2v) is 9.36. The Morgan fingerprint density at radius 3 is 1.10 bits per heavy atom. The minimum atomic E-state index is 1.30. The Kier molecular flexibility index (Phi) is 25.5. The molecule has 0 saturated heterocycles. The number of hydrogen-bond acceptors (Lipinski definition) is 1. The molecule has 0 aromatic heterocycles. The molecule has 0 unspecified atom stereocenters. The lowest BCUT2D eigenvalue weighted by Crippen LogP contribution is -2.20. The molecule has 0 spiro atoms. The molecule has 0 bridgehead atoms. The van der Waals surface area contributed by atoms with Gasteiger partial charge in [-0.1, -0.05) is 122 Å². The molecular formula is C28H57N. The highest BCUT2D eigenvalue weighted by Crippen LogP contribution is 2.11. The highest BCUT2D eigenvalue weighted by molar-refractivity contribution is 4.81. The van der Waals surface area contributed by atoms with E-state index in [0.717, 1.165) is 0 Å². The molecule has 29 heavy (non-hydrogen) atoms. The van der Waals surface area contributed by atoms with Gasteiger partial charge in [0.05, 0.1) is 0 Å². The van der Waals surface area contributed by atoms with Crippen LogP contribution in [0, 0.1) is 0 Å². The summed E-state index contributed by atoms with van der Waals surface area (Å²) in [4.78, 5) is 2.56. The van der Waals surface area contributed by atoms with Gasteiger partial charge in [-0.3, -0.25) is 0 Å². The molecule has 0 N–H and O–H groups in total. The molecule has 0 aliphatic carbocycles. The molecule has 0 aliphatic heterocycles. The maximum atomic E-state index is 2.56. The lowest BCUT2D eigenvalue weighted by molar-refractivity contribution is 0.314. The topological polar surface area (TPSA) is 3.24 Å². The molecule has 0 heterocycles.